The third-order valence-electron chi connectivity index (χ3n) is 5.69. The van der Waals surface area contributed by atoms with Crippen LogP contribution in [0.15, 0.2) is 89.1 Å². The highest BCUT2D eigenvalue weighted by atomic mass is 16.6. The molecule has 0 bridgehead atoms. The molecule has 0 aliphatic heterocycles. The number of esters is 1. The highest BCUT2D eigenvalue weighted by molar-refractivity contribution is 6.06. The number of carbonyl (C=O) groups is 3. The second-order valence-corrected chi connectivity index (χ2v) is 10.3. The number of anilines is 1. The van der Waals surface area contributed by atoms with Crippen molar-refractivity contribution in [3.05, 3.63) is 90.0 Å². The maximum absolute atomic E-state index is 13.9. The predicted molar refractivity (Wildman–Crippen MR) is 154 cm³/mol. The molecular weight excluding hydrogens is 508 g/mol. The van der Waals surface area contributed by atoms with Crippen molar-refractivity contribution in [2.45, 2.75) is 45.8 Å². The summed E-state index contributed by atoms with van der Waals surface area (Å²) in [4.78, 5) is 43.2. The van der Waals surface area contributed by atoms with E-state index in [9.17, 15) is 14.4 Å². The number of rotatable bonds is 9. The lowest BCUT2D eigenvalue weighted by Gasteiger charge is -2.31. The maximum atomic E-state index is 13.9. The van der Waals surface area contributed by atoms with E-state index in [1.165, 1.54) is 6.07 Å². The molecule has 9 heteroatoms. The van der Waals surface area contributed by atoms with Gasteiger partial charge in [-0.2, -0.15) is 10.2 Å². The van der Waals surface area contributed by atoms with Crippen LogP contribution in [0.5, 0.6) is 0 Å². The van der Waals surface area contributed by atoms with Crippen molar-refractivity contribution < 1.29 is 23.9 Å². The average molecular weight is 545 g/mol. The quantitative estimate of drug-likeness (QED) is 0.219. The highest BCUT2D eigenvalue weighted by Crippen LogP contribution is 2.24. The molecule has 3 rings (SSSR count). The van der Waals surface area contributed by atoms with Gasteiger partial charge in [0.05, 0.1) is 18.0 Å². The molecule has 0 radical (unpaired) electrons. The Labute approximate surface area is 235 Å². The summed E-state index contributed by atoms with van der Waals surface area (Å²) in [6.07, 6.45) is -0.882. The first kappa shape index (κ1) is 30.0. The summed E-state index contributed by atoms with van der Waals surface area (Å²) >= 11 is 0. The molecule has 2 amide bonds. The lowest BCUT2D eigenvalue weighted by molar-refractivity contribution is -0.148. The predicted octanol–water partition coefficient (Wildman–Crippen LogP) is 6.72. The largest absolute Gasteiger partial charge is 0.464 e. The van der Waals surface area contributed by atoms with Crippen molar-refractivity contribution in [1.82, 2.24) is 4.90 Å². The third kappa shape index (κ3) is 8.49. The van der Waals surface area contributed by atoms with Crippen LogP contribution < -0.4 is 4.90 Å². The molecule has 1 atom stereocenters. The number of ether oxygens (including phenoxy) is 2. The molecule has 0 heterocycles. The lowest BCUT2D eigenvalue weighted by atomic mass is 10.0. The van der Waals surface area contributed by atoms with Gasteiger partial charge in [-0.3, -0.25) is 4.79 Å². The molecule has 0 unspecified atom stereocenters. The minimum absolute atomic E-state index is 0.0625. The van der Waals surface area contributed by atoms with Crippen LogP contribution in [0, 0.1) is 0 Å². The molecule has 210 valence electrons. The van der Waals surface area contributed by atoms with Gasteiger partial charge in [-0.15, -0.1) is 0 Å². The van der Waals surface area contributed by atoms with Gasteiger partial charge in [0.25, 0.3) is 5.91 Å². The van der Waals surface area contributed by atoms with Crippen LogP contribution in [0.1, 0.15) is 43.6 Å². The minimum atomic E-state index is -1.25. The zero-order chi connectivity index (χ0) is 29.3. The number of hydrogen-bond donors (Lipinski definition) is 0. The molecular formula is C31H36N4O5. The van der Waals surface area contributed by atoms with Gasteiger partial charge in [-0.25, -0.2) is 14.5 Å². The summed E-state index contributed by atoms with van der Waals surface area (Å²) < 4.78 is 10.8. The molecule has 40 heavy (non-hydrogen) atoms. The summed E-state index contributed by atoms with van der Waals surface area (Å²) in [5.74, 6) is -1.42. The van der Waals surface area contributed by atoms with Crippen molar-refractivity contribution in [3.8, 4) is 0 Å². The van der Waals surface area contributed by atoms with E-state index < -0.39 is 29.6 Å². The first-order chi connectivity index (χ1) is 19.0. The van der Waals surface area contributed by atoms with E-state index >= 15 is 0 Å². The van der Waals surface area contributed by atoms with Crippen molar-refractivity contribution in [1.29, 1.82) is 0 Å². The SMILES string of the molecule is CCOC(=O)[C@H](Cc1ccccc1)N(C(=O)OC(C)(C)C)C(=O)c1cccc(N=Nc2ccc(N(C)C)cc2)c1. The Kier molecular flexibility index (Phi) is 10.1. The molecule has 0 aromatic heterocycles. The van der Waals surface area contributed by atoms with Crippen LogP contribution in [0.2, 0.25) is 0 Å². The van der Waals surface area contributed by atoms with Crippen LogP contribution >= 0.6 is 0 Å². The van der Waals surface area contributed by atoms with E-state index in [0.717, 1.165) is 16.2 Å². The van der Waals surface area contributed by atoms with Gasteiger partial charge in [0.2, 0.25) is 0 Å². The van der Waals surface area contributed by atoms with Crippen molar-refractivity contribution in [2.24, 2.45) is 10.2 Å². The molecule has 0 aliphatic rings. The van der Waals surface area contributed by atoms with Crippen LogP contribution in [-0.2, 0) is 20.7 Å². The average Bonchev–Trinajstić information content (AvgIpc) is 2.91. The summed E-state index contributed by atoms with van der Waals surface area (Å²) in [5.41, 5.74) is 2.07. The zero-order valence-corrected chi connectivity index (χ0v) is 23.8. The topological polar surface area (TPSA) is 101 Å². The molecule has 0 spiro atoms. The van der Waals surface area contributed by atoms with Gasteiger partial charge < -0.3 is 14.4 Å². The van der Waals surface area contributed by atoms with Crippen molar-refractivity contribution in [3.63, 3.8) is 0 Å². The Balaban J connectivity index is 1.97. The number of azo groups is 1. The van der Waals surface area contributed by atoms with Crippen molar-refractivity contribution >= 4 is 35.0 Å². The molecule has 0 saturated carbocycles. The van der Waals surface area contributed by atoms with Crippen LogP contribution in [-0.4, -0.2) is 55.2 Å². The molecule has 3 aromatic carbocycles. The van der Waals surface area contributed by atoms with E-state index in [1.54, 1.807) is 45.9 Å². The number of benzene rings is 3. The van der Waals surface area contributed by atoms with Gasteiger partial charge >= 0.3 is 12.1 Å². The maximum Gasteiger partial charge on any atom is 0.418 e. The first-order valence-corrected chi connectivity index (χ1v) is 13.0. The molecule has 3 aromatic rings. The standard InChI is InChI=1S/C31H36N4O5/c1-7-39-29(37)27(20-22-12-9-8-10-13-22)35(30(38)40-31(2,3)4)28(36)23-14-11-15-25(21-23)33-32-24-16-18-26(19-17-24)34(5)6/h8-19,21,27H,7,20H2,1-6H3/t27-/m0/s1. The second-order valence-electron chi connectivity index (χ2n) is 10.3. The molecule has 0 saturated heterocycles. The van der Waals surface area contributed by atoms with Crippen LogP contribution in [0.4, 0.5) is 21.9 Å². The summed E-state index contributed by atoms with van der Waals surface area (Å²) in [7, 11) is 3.90. The Hall–Kier alpha value is -4.53. The molecule has 0 fully saturated rings. The second kappa shape index (κ2) is 13.5. The number of carbonyl (C=O) groups excluding carboxylic acids is 3. The Bertz CT molecular complexity index is 1330. The van der Waals surface area contributed by atoms with Crippen LogP contribution in [0.25, 0.3) is 0 Å². The normalized spacial score (nSPS) is 12.1. The minimum Gasteiger partial charge on any atom is -0.464 e. The Morgan fingerprint density at radius 3 is 2.10 bits per heavy atom. The van der Waals surface area contributed by atoms with Crippen molar-refractivity contribution in [2.75, 3.05) is 25.6 Å². The van der Waals surface area contributed by atoms with E-state index in [4.69, 9.17) is 9.47 Å². The zero-order valence-electron chi connectivity index (χ0n) is 23.8. The fourth-order valence-electron chi connectivity index (χ4n) is 3.79. The number of nitrogens with zero attached hydrogens (tertiary/aromatic N) is 4. The summed E-state index contributed by atoms with van der Waals surface area (Å²) in [6.45, 7) is 6.83. The smallest absolute Gasteiger partial charge is 0.418 e. The van der Waals surface area contributed by atoms with E-state index in [2.05, 4.69) is 10.2 Å². The highest BCUT2D eigenvalue weighted by Gasteiger charge is 2.39. The van der Waals surface area contributed by atoms with Gasteiger partial charge in [-0.1, -0.05) is 36.4 Å². The van der Waals surface area contributed by atoms with Gasteiger partial charge in [0, 0.05) is 31.8 Å². The Morgan fingerprint density at radius 1 is 0.850 bits per heavy atom. The first-order valence-electron chi connectivity index (χ1n) is 13.0. The summed E-state index contributed by atoms with van der Waals surface area (Å²) in [5, 5.41) is 8.53. The monoisotopic (exact) mass is 544 g/mol. The summed E-state index contributed by atoms with van der Waals surface area (Å²) in [6, 6.07) is 21.8. The van der Waals surface area contributed by atoms with Crippen LogP contribution in [0.3, 0.4) is 0 Å². The van der Waals surface area contributed by atoms with Gasteiger partial charge in [-0.05, 0) is 75.7 Å². The molecule has 9 nitrogen and oxygen atoms in total. The Morgan fingerprint density at radius 2 is 1.50 bits per heavy atom. The number of imide groups is 1. The fraction of sp³-hybridized carbons (Fsp3) is 0.323. The third-order valence-corrected chi connectivity index (χ3v) is 5.69. The number of amides is 2. The van der Waals surface area contributed by atoms with E-state index in [-0.39, 0.29) is 18.6 Å². The van der Waals surface area contributed by atoms with Gasteiger partial charge in [0.1, 0.15) is 11.6 Å². The lowest BCUT2D eigenvalue weighted by Crippen LogP contribution is -2.52. The molecule has 0 aliphatic carbocycles. The van der Waals surface area contributed by atoms with Gasteiger partial charge in [0.15, 0.2) is 0 Å². The fourth-order valence-corrected chi connectivity index (χ4v) is 3.79. The molecule has 0 N–H and O–H groups in total. The van der Waals surface area contributed by atoms with E-state index in [0.29, 0.717) is 11.4 Å². The van der Waals surface area contributed by atoms with E-state index in [1.807, 2.05) is 73.6 Å². The number of hydrogen-bond acceptors (Lipinski definition) is 8.